The van der Waals surface area contributed by atoms with E-state index in [0.717, 1.165) is 6.42 Å². The van der Waals surface area contributed by atoms with Gasteiger partial charge >= 0.3 is 0 Å². The fraction of sp³-hybridized carbons (Fsp3) is 0.294. The van der Waals surface area contributed by atoms with Gasteiger partial charge in [-0.05, 0) is 22.8 Å². The zero-order valence-corrected chi connectivity index (χ0v) is 13.9. The highest BCUT2D eigenvalue weighted by atomic mass is 35.5. The van der Waals surface area contributed by atoms with Gasteiger partial charge in [0.15, 0.2) is 0 Å². The lowest BCUT2D eigenvalue weighted by atomic mass is 10.0. The van der Waals surface area contributed by atoms with Gasteiger partial charge in [-0.2, -0.15) is 0 Å². The number of rotatable bonds is 6. The molecule has 2 rings (SSSR count). The highest BCUT2D eigenvalue weighted by Gasteiger charge is 2.10. The van der Waals surface area contributed by atoms with Crippen LogP contribution < -0.4 is 11.1 Å². The lowest BCUT2D eigenvalue weighted by molar-refractivity contribution is -0.131. The minimum atomic E-state index is -0.323. The molecule has 0 fully saturated rings. The summed E-state index contributed by atoms with van der Waals surface area (Å²) in [5.74, 6) is -0.446. The second-order valence-electron chi connectivity index (χ2n) is 5.18. The molecule has 0 aliphatic rings. The van der Waals surface area contributed by atoms with Gasteiger partial charge in [-0.25, -0.2) is 0 Å². The van der Waals surface area contributed by atoms with Gasteiger partial charge in [-0.15, -0.1) is 12.4 Å². The Kier molecular flexibility index (Phi) is 7.51. The normalized spacial score (nSPS) is 10.0. The summed E-state index contributed by atoms with van der Waals surface area (Å²) >= 11 is 0. The van der Waals surface area contributed by atoms with E-state index in [1.54, 1.807) is 11.9 Å². The first-order valence-electron chi connectivity index (χ1n) is 7.29. The molecule has 0 aliphatic carbocycles. The topological polar surface area (TPSA) is 75.4 Å². The molecule has 0 aliphatic heterocycles. The second kappa shape index (κ2) is 9.12. The van der Waals surface area contributed by atoms with E-state index < -0.39 is 0 Å². The van der Waals surface area contributed by atoms with E-state index >= 15 is 0 Å². The summed E-state index contributed by atoms with van der Waals surface area (Å²) in [6, 6.07) is 14.4. The summed E-state index contributed by atoms with van der Waals surface area (Å²) in [6.45, 7) is 0.487. The van der Waals surface area contributed by atoms with E-state index in [0.29, 0.717) is 6.54 Å². The Balaban J connectivity index is 0.00000264. The van der Waals surface area contributed by atoms with E-state index in [4.69, 9.17) is 5.73 Å². The van der Waals surface area contributed by atoms with Crippen LogP contribution in [-0.4, -0.2) is 43.4 Å². The van der Waals surface area contributed by atoms with Gasteiger partial charge in [0, 0.05) is 13.6 Å². The van der Waals surface area contributed by atoms with Crippen molar-refractivity contribution >= 4 is 35.0 Å². The van der Waals surface area contributed by atoms with Crippen LogP contribution in [-0.2, 0) is 16.0 Å². The first kappa shape index (κ1) is 18.9. The Hall–Kier alpha value is -2.11. The number of carbonyl (C=O) groups excluding carboxylic acids is 2. The molecule has 3 N–H and O–H groups in total. The maximum absolute atomic E-state index is 11.9. The number of benzene rings is 2. The smallest absolute Gasteiger partial charge is 0.241 e. The van der Waals surface area contributed by atoms with Crippen LogP contribution in [0.2, 0.25) is 0 Å². The van der Waals surface area contributed by atoms with Crippen molar-refractivity contribution < 1.29 is 9.59 Å². The molecular formula is C17H22ClN3O2. The predicted molar refractivity (Wildman–Crippen MR) is 94.6 cm³/mol. The molecule has 6 heteroatoms. The first-order chi connectivity index (χ1) is 10.6. The summed E-state index contributed by atoms with van der Waals surface area (Å²) in [6.07, 6.45) is 0.772. The van der Waals surface area contributed by atoms with Gasteiger partial charge in [-0.3, -0.25) is 9.59 Å². The number of carbonyl (C=O) groups is 2. The maximum Gasteiger partial charge on any atom is 0.241 e. The van der Waals surface area contributed by atoms with Crippen molar-refractivity contribution in [1.29, 1.82) is 0 Å². The Labute approximate surface area is 142 Å². The number of nitrogens with two attached hydrogens (primary N) is 1. The Morgan fingerprint density at radius 1 is 1.13 bits per heavy atom. The number of likely N-dealkylation sites (N-methyl/N-ethyl adjacent to an activating group) is 1. The summed E-state index contributed by atoms with van der Waals surface area (Å²) in [4.78, 5) is 24.6. The molecule has 0 atom stereocenters. The van der Waals surface area contributed by atoms with E-state index in [1.165, 1.54) is 16.3 Å². The third kappa shape index (κ3) is 5.23. The van der Waals surface area contributed by atoms with Gasteiger partial charge in [-0.1, -0.05) is 42.5 Å². The maximum atomic E-state index is 11.9. The van der Waals surface area contributed by atoms with Crippen molar-refractivity contribution in [2.24, 2.45) is 5.73 Å². The molecular weight excluding hydrogens is 314 g/mol. The molecule has 0 saturated carbocycles. The van der Waals surface area contributed by atoms with Crippen LogP contribution in [0.4, 0.5) is 0 Å². The molecule has 0 spiro atoms. The van der Waals surface area contributed by atoms with Crippen molar-refractivity contribution in [2.45, 2.75) is 6.42 Å². The second-order valence-corrected chi connectivity index (χ2v) is 5.18. The van der Waals surface area contributed by atoms with Crippen molar-refractivity contribution in [3.05, 3.63) is 48.0 Å². The highest BCUT2D eigenvalue weighted by Crippen LogP contribution is 2.18. The number of hydrogen-bond donors (Lipinski definition) is 2. The summed E-state index contributed by atoms with van der Waals surface area (Å²) in [5.41, 5.74) is 6.40. The molecule has 0 unspecified atom stereocenters. The van der Waals surface area contributed by atoms with Gasteiger partial charge in [0.25, 0.3) is 0 Å². The van der Waals surface area contributed by atoms with E-state index in [1.807, 2.05) is 18.2 Å². The fourth-order valence-electron chi connectivity index (χ4n) is 2.30. The van der Waals surface area contributed by atoms with Crippen molar-refractivity contribution in [1.82, 2.24) is 10.2 Å². The lowest BCUT2D eigenvalue weighted by Gasteiger charge is -2.18. The average molecular weight is 336 g/mol. The summed E-state index contributed by atoms with van der Waals surface area (Å²) < 4.78 is 0. The summed E-state index contributed by atoms with van der Waals surface area (Å²) in [7, 11) is 1.74. The van der Waals surface area contributed by atoms with Crippen molar-refractivity contribution in [3.8, 4) is 0 Å². The molecule has 124 valence electrons. The third-order valence-electron chi connectivity index (χ3n) is 3.64. The SMILES string of the molecule is CN(CCc1cccc2ccccc12)C(=O)CNC(=O)CN.Cl. The molecule has 2 amide bonds. The monoisotopic (exact) mass is 335 g/mol. The zero-order chi connectivity index (χ0) is 15.9. The van der Waals surface area contributed by atoms with Gasteiger partial charge in [0.2, 0.25) is 11.8 Å². The van der Waals surface area contributed by atoms with Gasteiger partial charge < -0.3 is 16.0 Å². The predicted octanol–water partition coefficient (Wildman–Crippen LogP) is 1.34. The average Bonchev–Trinajstić information content (AvgIpc) is 2.56. The molecule has 23 heavy (non-hydrogen) atoms. The number of hydrogen-bond acceptors (Lipinski definition) is 3. The Morgan fingerprint density at radius 2 is 1.83 bits per heavy atom. The molecule has 2 aromatic carbocycles. The van der Waals surface area contributed by atoms with Crippen LogP contribution in [0.5, 0.6) is 0 Å². The van der Waals surface area contributed by atoms with Crippen LogP contribution in [0, 0.1) is 0 Å². The van der Waals surface area contributed by atoms with Crippen LogP contribution in [0.15, 0.2) is 42.5 Å². The van der Waals surface area contributed by atoms with Gasteiger partial charge in [0.05, 0.1) is 13.1 Å². The Bertz CT molecular complexity index is 670. The summed E-state index contributed by atoms with van der Waals surface area (Å²) in [5, 5.41) is 4.89. The van der Waals surface area contributed by atoms with Crippen molar-refractivity contribution in [3.63, 3.8) is 0 Å². The number of fused-ring (bicyclic) bond motifs is 1. The molecule has 2 aromatic rings. The largest absolute Gasteiger partial charge is 0.346 e. The van der Waals surface area contributed by atoms with Crippen LogP contribution in [0.3, 0.4) is 0 Å². The quantitative estimate of drug-likeness (QED) is 0.836. The first-order valence-corrected chi connectivity index (χ1v) is 7.29. The van der Waals surface area contributed by atoms with Gasteiger partial charge in [0.1, 0.15) is 0 Å². The van der Waals surface area contributed by atoms with E-state index in [9.17, 15) is 9.59 Å². The van der Waals surface area contributed by atoms with Crippen molar-refractivity contribution in [2.75, 3.05) is 26.7 Å². The number of halogens is 1. The Morgan fingerprint density at radius 3 is 2.57 bits per heavy atom. The van der Waals surface area contributed by atoms with Crippen LogP contribution in [0.25, 0.3) is 10.8 Å². The highest BCUT2D eigenvalue weighted by molar-refractivity contribution is 5.86. The minimum Gasteiger partial charge on any atom is -0.346 e. The molecule has 0 aromatic heterocycles. The van der Waals surface area contributed by atoms with Crippen LogP contribution >= 0.6 is 12.4 Å². The standard InChI is InChI=1S/C17H21N3O2.ClH/c1-20(17(22)12-19-16(21)11-18)10-9-14-7-4-6-13-5-2-3-8-15(13)14;/h2-8H,9-12,18H2,1H3,(H,19,21);1H. The number of nitrogens with zero attached hydrogens (tertiary/aromatic N) is 1. The zero-order valence-electron chi connectivity index (χ0n) is 13.1. The molecule has 5 nitrogen and oxygen atoms in total. The fourth-order valence-corrected chi connectivity index (χ4v) is 2.30. The van der Waals surface area contributed by atoms with E-state index in [-0.39, 0.29) is 37.3 Å². The molecule has 0 bridgehead atoms. The minimum absolute atomic E-state index is 0. The lowest BCUT2D eigenvalue weighted by Crippen LogP contribution is -2.40. The molecule has 0 heterocycles. The molecule has 0 saturated heterocycles. The molecule has 0 radical (unpaired) electrons. The van der Waals surface area contributed by atoms with Crippen LogP contribution in [0.1, 0.15) is 5.56 Å². The third-order valence-corrected chi connectivity index (χ3v) is 3.64. The number of nitrogens with one attached hydrogen (secondary N) is 1. The number of amides is 2. The van der Waals surface area contributed by atoms with E-state index in [2.05, 4.69) is 29.6 Å².